The van der Waals surface area contributed by atoms with Gasteiger partial charge in [-0.05, 0) is 37.1 Å². The first-order valence-electron chi connectivity index (χ1n) is 6.39. The molecular formula is C16H17FO2. The summed E-state index contributed by atoms with van der Waals surface area (Å²) in [4.78, 5) is 11.9. The van der Waals surface area contributed by atoms with E-state index in [1.165, 1.54) is 12.1 Å². The van der Waals surface area contributed by atoms with Gasteiger partial charge in [-0.3, -0.25) is 4.79 Å². The zero-order valence-electron chi connectivity index (χ0n) is 11.4. The molecule has 100 valence electrons. The van der Waals surface area contributed by atoms with E-state index < -0.39 is 0 Å². The molecule has 0 N–H and O–H groups in total. The van der Waals surface area contributed by atoms with Crippen molar-refractivity contribution in [2.45, 2.75) is 33.6 Å². The third-order valence-electron chi connectivity index (χ3n) is 3.38. The van der Waals surface area contributed by atoms with Gasteiger partial charge in [0, 0.05) is 18.4 Å². The van der Waals surface area contributed by atoms with Crippen molar-refractivity contribution in [3.05, 3.63) is 58.3 Å². The van der Waals surface area contributed by atoms with Crippen molar-refractivity contribution in [2.75, 3.05) is 0 Å². The van der Waals surface area contributed by atoms with Gasteiger partial charge >= 0.3 is 0 Å². The normalized spacial score (nSPS) is 10.7. The zero-order valence-corrected chi connectivity index (χ0v) is 11.4. The summed E-state index contributed by atoms with van der Waals surface area (Å²) in [5.41, 5.74) is 2.88. The molecule has 1 aromatic heterocycles. The van der Waals surface area contributed by atoms with Gasteiger partial charge in [0.1, 0.15) is 11.6 Å². The van der Waals surface area contributed by atoms with Crippen LogP contribution in [0, 0.1) is 19.7 Å². The summed E-state index contributed by atoms with van der Waals surface area (Å²) in [6.45, 7) is 5.62. The van der Waals surface area contributed by atoms with Gasteiger partial charge in [0.15, 0.2) is 11.5 Å². The highest BCUT2D eigenvalue weighted by atomic mass is 19.1. The lowest BCUT2D eigenvalue weighted by atomic mass is 9.99. The molecule has 0 amide bonds. The Morgan fingerprint density at radius 3 is 2.42 bits per heavy atom. The van der Waals surface area contributed by atoms with Crippen LogP contribution in [0.5, 0.6) is 0 Å². The second-order valence-electron chi connectivity index (χ2n) is 4.67. The zero-order chi connectivity index (χ0) is 14.0. The van der Waals surface area contributed by atoms with E-state index in [2.05, 4.69) is 0 Å². The number of benzene rings is 1. The number of carbonyl (C=O) groups is 1. The molecule has 0 spiro atoms. The van der Waals surface area contributed by atoms with E-state index in [1.807, 2.05) is 20.8 Å². The molecule has 0 radical (unpaired) electrons. The molecule has 0 bridgehead atoms. The number of rotatable bonds is 4. The van der Waals surface area contributed by atoms with Crippen molar-refractivity contribution >= 4 is 5.78 Å². The number of ketones is 1. The molecule has 0 atom stereocenters. The molecule has 1 heterocycles. The minimum Gasteiger partial charge on any atom is -0.458 e. The maximum Gasteiger partial charge on any atom is 0.198 e. The number of furan rings is 1. The Hall–Kier alpha value is -1.90. The standard InChI is InChI=1S/C16H17FO2/c1-4-15(18)16-14(10(2)11(3)19-16)9-12-5-7-13(17)8-6-12/h5-8H,4,9H2,1-3H3. The molecule has 1 aromatic carbocycles. The van der Waals surface area contributed by atoms with Crippen molar-refractivity contribution in [1.29, 1.82) is 0 Å². The molecule has 2 aromatic rings. The van der Waals surface area contributed by atoms with Gasteiger partial charge in [0.2, 0.25) is 0 Å². The Morgan fingerprint density at radius 2 is 1.84 bits per heavy atom. The summed E-state index contributed by atoms with van der Waals surface area (Å²) in [5, 5.41) is 0. The van der Waals surface area contributed by atoms with Crippen LogP contribution in [0.2, 0.25) is 0 Å². The molecule has 0 aliphatic heterocycles. The quantitative estimate of drug-likeness (QED) is 0.770. The topological polar surface area (TPSA) is 30.2 Å². The van der Waals surface area contributed by atoms with Gasteiger partial charge in [0.05, 0.1) is 0 Å². The first-order valence-corrected chi connectivity index (χ1v) is 6.39. The Morgan fingerprint density at radius 1 is 1.21 bits per heavy atom. The summed E-state index contributed by atoms with van der Waals surface area (Å²) in [6.07, 6.45) is 1.01. The fraction of sp³-hybridized carbons (Fsp3) is 0.312. The molecule has 3 heteroatoms. The van der Waals surface area contributed by atoms with Crippen LogP contribution < -0.4 is 0 Å². The molecule has 0 unspecified atom stereocenters. The van der Waals surface area contributed by atoms with Crippen LogP contribution in [0.15, 0.2) is 28.7 Å². The Kier molecular flexibility index (Phi) is 3.84. The Labute approximate surface area is 112 Å². The van der Waals surface area contributed by atoms with Gasteiger partial charge in [-0.25, -0.2) is 4.39 Å². The van der Waals surface area contributed by atoms with E-state index in [1.54, 1.807) is 12.1 Å². The minimum atomic E-state index is -0.256. The summed E-state index contributed by atoms with van der Waals surface area (Å²) >= 11 is 0. The smallest absolute Gasteiger partial charge is 0.198 e. The van der Waals surface area contributed by atoms with E-state index in [4.69, 9.17) is 4.42 Å². The molecule has 2 nitrogen and oxygen atoms in total. The Bertz CT molecular complexity index is 594. The highest BCUT2D eigenvalue weighted by Crippen LogP contribution is 2.25. The largest absolute Gasteiger partial charge is 0.458 e. The Balaban J connectivity index is 2.38. The second-order valence-corrected chi connectivity index (χ2v) is 4.67. The molecule has 0 aliphatic rings. The van der Waals surface area contributed by atoms with Crippen LogP contribution in [-0.2, 0) is 6.42 Å². The predicted molar refractivity (Wildman–Crippen MR) is 72.0 cm³/mol. The van der Waals surface area contributed by atoms with Crippen LogP contribution in [0.1, 0.15) is 46.3 Å². The summed E-state index contributed by atoms with van der Waals surface area (Å²) in [5.74, 6) is 0.970. The fourth-order valence-electron chi connectivity index (χ4n) is 2.08. The molecule has 2 rings (SSSR count). The second kappa shape index (κ2) is 5.39. The van der Waals surface area contributed by atoms with Crippen LogP contribution >= 0.6 is 0 Å². The minimum absolute atomic E-state index is 0.00770. The average molecular weight is 260 g/mol. The summed E-state index contributed by atoms with van der Waals surface area (Å²) in [6, 6.07) is 6.33. The van der Waals surface area contributed by atoms with Crippen molar-refractivity contribution in [2.24, 2.45) is 0 Å². The summed E-state index contributed by atoms with van der Waals surface area (Å²) in [7, 11) is 0. The van der Waals surface area contributed by atoms with Crippen molar-refractivity contribution < 1.29 is 13.6 Å². The predicted octanol–water partition coefficient (Wildman–Crippen LogP) is 4.22. The summed E-state index contributed by atoms with van der Waals surface area (Å²) < 4.78 is 18.5. The fourth-order valence-corrected chi connectivity index (χ4v) is 2.08. The molecule has 19 heavy (non-hydrogen) atoms. The SMILES string of the molecule is CCC(=O)c1oc(C)c(C)c1Cc1ccc(F)cc1. The van der Waals surface area contributed by atoms with Crippen LogP contribution in [0.25, 0.3) is 0 Å². The van der Waals surface area contributed by atoms with E-state index in [9.17, 15) is 9.18 Å². The highest BCUT2D eigenvalue weighted by molar-refractivity contribution is 5.95. The number of carbonyl (C=O) groups excluding carboxylic acids is 1. The number of hydrogen-bond donors (Lipinski definition) is 0. The van der Waals surface area contributed by atoms with Crippen LogP contribution in [0.3, 0.4) is 0 Å². The lowest BCUT2D eigenvalue weighted by Crippen LogP contribution is -2.01. The monoisotopic (exact) mass is 260 g/mol. The van der Waals surface area contributed by atoms with Crippen molar-refractivity contribution in [3.63, 3.8) is 0 Å². The maximum absolute atomic E-state index is 12.9. The maximum atomic E-state index is 12.9. The number of Topliss-reactive ketones (excluding diaryl/α,β-unsaturated/α-hetero) is 1. The molecular weight excluding hydrogens is 243 g/mol. The van der Waals surface area contributed by atoms with E-state index >= 15 is 0 Å². The average Bonchev–Trinajstić information content (AvgIpc) is 2.68. The number of hydrogen-bond acceptors (Lipinski definition) is 2. The molecule has 0 fully saturated rings. The van der Waals surface area contributed by atoms with Gasteiger partial charge in [-0.1, -0.05) is 19.1 Å². The van der Waals surface area contributed by atoms with Crippen LogP contribution in [-0.4, -0.2) is 5.78 Å². The van der Waals surface area contributed by atoms with Crippen LogP contribution in [0.4, 0.5) is 4.39 Å². The van der Waals surface area contributed by atoms with E-state index in [0.29, 0.717) is 18.6 Å². The van der Waals surface area contributed by atoms with Crippen molar-refractivity contribution in [3.8, 4) is 0 Å². The first kappa shape index (κ1) is 13.5. The molecule has 0 saturated carbocycles. The lowest BCUT2D eigenvalue weighted by molar-refractivity contribution is 0.0959. The van der Waals surface area contributed by atoms with E-state index in [-0.39, 0.29) is 11.6 Å². The number of halogens is 1. The van der Waals surface area contributed by atoms with Crippen molar-refractivity contribution in [1.82, 2.24) is 0 Å². The lowest BCUT2D eigenvalue weighted by Gasteiger charge is -2.03. The van der Waals surface area contributed by atoms with Gasteiger partial charge in [-0.2, -0.15) is 0 Å². The third-order valence-corrected chi connectivity index (χ3v) is 3.38. The third kappa shape index (κ3) is 2.75. The molecule has 0 saturated heterocycles. The van der Waals surface area contributed by atoms with Gasteiger partial charge in [-0.15, -0.1) is 0 Å². The van der Waals surface area contributed by atoms with Gasteiger partial charge < -0.3 is 4.42 Å². The number of aryl methyl sites for hydroxylation is 1. The van der Waals surface area contributed by atoms with Gasteiger partial charge in [0.25, 0.3) is 0 Å². The molecule has 0 aliphatic carbocycles. The highest BCUT2D eigenvalue weighted by Gasteiger charge is 2.19. The first-order chi connectivity index (χ1) is 9.02. The van der Waals surface area contributed by atoms with E-state index in [0.717, 1.165) is 22.5 Å².